The van der Waals surface area contributed by atoms with Crippen molar-refractivity contribution in [1.29, 1.82) is 0 Å². The average Bonchev–Trinajstić information content (AvgIpc) is 2.86. The molecule has 2 fully saturated rings. The number of anilines is 1. The van der Waals surface area contributed by atoms with Crippen LogP contribution in [0.5, 0.6) is 0 Å². The number of aromatic nitrogens is 2. The molecule has 4 heterocycles. The monoisotopic (exact) mass is 468 g/mol. The van der Waals surface area contributed by atoms with E-state index in [1.54, 1.807) is 18.5 Å². The molecule has 0 bridgehead atoms. The number of rotatable bonds is 7. The zero-order valence-corrected chi connectivity index (χ0v) is 19.7. The standard InChI is InChI=1S/C25H33FN6O2/c1-2-34-30-23(24-21(26)4-3-10-29-24)19-8-14-32(15-9-19)25(33)20-6-12-31(13-7-20)17-18-5-11-28-22(27)16-18/h3-5,10-11,16,19-20H,2,6-9,12-15,17H2,1H3,(H2,27,28). The normalized spacial score (nSPS) is 18.8. The minimum atomic E-state index is -0.402. The second kappa shape index (κ2) is 11.4. The van der Waals surface area contributed by atoms with Crippen LogP contribution in [-0.2, 0) is 16.2 Å². The minimum absolute atomic E-state index is 0.00893. The van der Waals surface area contributed by atoms with Crippen LogP contribution in [-0.4, -0.2) is 64.2 Å². The number of likely N-dealkylation sites (tertiary alicyclic amines) is 2. The van der Waals surface area contributed by atoms with Crippen LogP contribution in [0.2, 0.25) is 0 Å². The molecule has 0 atom stereocenters. The summed E-state index contributed by atoms with van der Waals surface area (Å²) in [6.45, 7) is 6.13. The van der Waals surface area contributed by atoms with E-state index in [9.17, 15) is 9.18 Å². The van der Waals surface area contributed by atoms with Crippen molar-refractivity contribution >= 4 is 17.4 Å². The molecule has 0 saturated carbocycles. The lowest BCUT2D eigenvalue weighted by Crippen LogP contribution is -2.46. The van der Waals surface area contributed by atoms with Crippen molar-refractivity contribution in [2.75, 3.05) is 38.5 Å². The Labute approximate surface area is 200 Å². The van der Waals surface area contributed by atoms with Gasteiger partial charge in [0, 0.05) is 43.9 Å². The van der Waals surface area contributed by atoms with Crippen molar-refractivity contribution in [3.8, 4) is 0 Å². The Balaban J connectivity index is 1.30. The van der Waals surface area contributed by atoms with Gasteiger partial charge in [0.1, 0.15) is 23.8 Å². The average molecular weight is 469 g/mol. The summed E-state index contributed by atoms with van der Waals surface area (Å²) in [5, 5.41) is 4.20. The number of carbonyl (C=O) groups excluding carboxylic acids is 1. The smallest absolute Gasteiger partial charge is 0.225 e. The lowest BCUT2D eigenvalue weighted by Gasteiger charge is -2.37. The Morgan fingerprint density at radius 1 is 1.12 bits per heavy atom. The van der Waals surface area contributed by atoms with Gasteiger partial charge < -0.3 is 15.5 Å². The first-order valence-corrected chi connectivity index (χ1v) is 12.1. The fourth-order valence-electron chi connectivity index (χ4n) is 4.84. The van der Waals surface area contributed by atoms with Gasteiger partial charge in [-0.15, -0.1) is 0 Å². The molecule has 0 spiro atoms. The van der Waals surface area contributed by atoms with Crippen LogP contribution in [0.4, 0.5) is 10.2 Å². The molecule has 0 aliphatic carbocycles. The van der Waals surface area contributed by atoms with E-state index in [2.05, 4.69) is 20.0 Å². The van der Waals surface area contributed by atoms with Gasteiger partial charge >= 0.3 is 0 Å². The molecular formula is C25H33FN6O2. The maximum Gasteiger partial charge on any atom is 0.225 e. The number of pyridine rings is 2. The summed E-state index contributed by atoms with van der Waals surface area (Å²) >= 11 is 0. The van der Waals surface area contributed by atoms with Gasteiger partial charge in [0.05, 0.1) is 0 Å². The number of piperidine rings is 2. The largest absolute Gasteiger partial charge is 0.396 e. The van der Waals surface area contributed by atoms with Gasteiger partial charge in [-0.05, 0) is 75.5 Å². The number of hydrogen-bond acceptors (Lipinski definition) is 7. The zero-order valence-electron chi connectivity index (χ0n) is 19.7. The van der Waals surface area contributed by atoms with Crippen molar-refractivity contribution < 1.29 is 14.0 Å². The molecule has 2 saturated heterocycles. The second-order valence-corrected chi connectivity index (χ2v) is 8.97. The molecule has 0 unspecified atom stereocenters. The first-order valence-electron chi connectivity index (χ1n) is 12.1. The predicted molar refractivity (Wildman–Crippen MR) is 128 cm³/mol. The second-order valence-electron chi connectivity index (χ2n) is 8.97. The molecule has 2 aromatic heterocycles. The highest BCUT2D eigenvalue weighted by Crippen LogP contribution is 2.27. The van der Waals surface area contributed by atoms with Gasteiger partial charge in [-0.25, -0.2) is 9.37 Å². The number of amides is 1. The quantitative estimate of drug-likeness (QED) is 0.496. The molecule has 34 heavy (non-hydrogen) atoms. The molecule has 4 rings (SSSR count). The van der Waals surface area contributed by atoms with Gasteiger partial charge in [-0.2, -0.15) is 0 Å². The summed E-state index contributed by atoms with van der Waals surface area (Å²) in [6.07, 6.45) is 6.45. The number of nitrogen functional groups attached to an aromatic ring is 1. The van der Waals surface area contributed by atoms with E-state index in [1.807, 2.05) is 24.0 Å². The van der Waals surface area contributed by atoms with Crippen LogP contribution >= 0.6 is 0 Å². The van der Waals surface area contributed by atoms with E-state index in [0.29, 0.717) is 31.2 Å². The molecule has 2 aliphatic rings. The zero-order chi connectivity index (χ0) is 23.9. The highest BCUT2D eigenvalue weighted by molar-refractivity contribution is 6.00. The van der Waals surface area contributed by atoms with E-state index in [-0.39, 0.29) is 23.4 Å². The number of carbonyl (C=O) groups is 1. The third kappa shape index (κ3) is 5.88. The Hall–Kier alpha value is -3.07. The van der Waals surface area contributed by atoms with Crippen LogP contribution in [0.3, 0.4) is 0 Å². The Kier molecular flexibility index (Phi) is 8.05. The molecule has 182 valence electrons. The lowest BCUT2D eigenvalue weighted by atomic mass is 9.88. The molecule has 2 aromatic rings. The highest BCUT2D eigenvalue weighted by atomic mass is 19.1. The summed E-state index contributed by atoms with van der Waals surface area (Å²) in [5.74, 6) is 0.431. The SMILES string of the molecule is CCON=C(c1ncccc1F)C1CCN(C(=O)C2CCN(Cc3ccnc(N)c3)CC2)CC1. The van der Waals surface area contributed by atoms with E-state index in [4.69, 9.17) is 10.6 Å². The fraction of sp³-hybridized carbons (Fsp3) is 0.520. The van der Waals surface area contributed by atoms with E-state index >= 15 is 0 Å². The van der Waals surface area contributed by atoms with Crippen molar-refractivity contribution in [2.45, 2.75) is 39.2 Å². The summed E-state index contributed by atoms with van der Waals surface area (Å²) in [7, 11) is 0. The van der Waals surface area contributed by atoms with Crippen LogP contribution in [0.25, 0.3) is 0 Å². The first-order chi connectivity index (χ1) is 16.5. The number of nitrogens with zero attached hydrogens (tertiary/aromatic N) is 5. The van der Waals surface area contributed by atoms with Crippen LogP contribution in [0, 0.1) is 17.7 Å². The molecule has 0 aromatic carbocycles. The Bertz CT molecular complexity index is 1000. The van der Waals surface area contributed by atoms with Crippen LogP contribution in [0.1, 0.15) is 43.9 Å². The van der Waals surface area contributed by atoms with Crippen molar-refractivity contribution in [2.24, 2.45) is 17.0 Å². The van der Waals surface area contributed by atoms with Crippen molar-refractivity contribution in [1.82, 2.24) is 19.8 Å². The number of nitrogens with two attached hydrogens (primary N) is 1. The van der Waals surface area contributed by atoms with E-state index < -0.39 is 5.82 Å². The maximum atomic E-state index is 14.4. The molecule has 2 N–H and O–H groups in total. The molecule has 0 radical (unpaired) electrons. The third-order valence-corrected chi connectivity index (χ3v) is 6.67. The summed E-state index contributed by atoms with van der Waals surface area (Å²) in [4.78, 5) is 31.0. The van der Waals surface area contributed by atoms with Gasteiger partial charge in [0.2, 0.25) is 5.91 Å². The number of hydrogen-bond donors (Lipinski definition) is 1. The third-order valence-electron chi connectivity index (χ3n) is 6.67. The van der Waals surface area contributed by atoms with Gasteiger partial charge in [-0.1, -0.05) is 5.16 Å². The van der Waals surface area contributed by atoms with Crippen molar-refractivity contribution in [3.63, 3.8) is 0 Å². The van der Waals surface area contributed by atoms with E-state index in [1.165, 1.54) is 6.07 Å². The predicted octanol–water partition coefficient (Wildman–Crippen LogP) is 3.09. The van der Waals surface area contributed by atoms with Crippen LogP contribution < -0.4 is 5.73 Å². The Morgan fingerprint density at radius 2 is 1.85 bits per heavy atom. The van der Waals surface area contributed by atoms with Gasteiger partial charge in [-0.3, -0.25) is 14.7 Å². The highest BCUT2D eigenvalue weighted by Gasteiger charge is 2.33. The topological polar surface area (TPSA) is 96.9 Å². The lowest BCUT2D eigenvalue weighted by molar-refractivity contribution is -0.138. The summed E-state index contributed by atoms with van der Waals surface area (Å²) in [6, 6.07) is 6.84. The molecule has 1 amide bonds. The van der Waals surface area contributed by atoms with E-state index in [0.717, 1.165) is 50.9 Å². The maximum absolute atomic E-state index is 14.4. The van der Waals surface area contributed by atoms with Crippen LogP contribution in [0.15, 0.2) is 41.8 Å². The summed E-state index contributed by atoms with van der Waals surface area (Å²) in [5.41, 5.74) is 7.71. The molecule has 8 nitrogen and oxygen atoms in total. The first kappa shape index (κ1) is 24.1. The van der Waals surface area contributed by atoms with Crippen molar-refractivity contribution in [3.05, 3.63) is 53.7 Å². The molecule has 9 heteroatoms. The number of halogens is 1. The van der Waals surface area contributed by atoms with Gasteiger partial charge in [0.15, 0.2) is 5.82 Å². The molecule has 2 aliphatic heterocycles. The fourth-order valence-corrected chi connectivity index (χ4v) is 4.84. The number of oxime groups is 1. The van der Waals surface area contributed by atoms with Gasteiger partial charge in [0.25, 0.3) is 0 Å². The summed E-state index contributed by atoms with van der Waals surface area (Å²) < 4.78 is 14.4. The molecular weight excluding hydrogens is 435 g/mol. The minimum Gasteiger partial charge on any atom is -0.396 e. The Morgan fingerprint density at radius 3 is 2.53 bits per heavy atom.